The predicted octanol–water partition coefficient (Wildman–Crippen LogP) is 5.82. The molecular formula is C29H39FN2O3. The second-order valence-corrected chi connectivity index (χ2v) is 10.1. The number of anilines is 1. The molecule has 2 aliphatic heterocycles. The van der Waals surface area contributed by atoms with Crippen molar-refractivity contribution in [3.63, 3.8) is 0 Å². The van der Waals surface area contributed by atoms with Gasteiger partial charge in [0.25, 0.3) is 0 Å². The fourth-order valence-corrected chi connectivity index (χ4v) is 5.42. The molecule has 2 aliphatic rings. The number of esters is 1. The molecule has 5 nitrogen and oxygen atoms in total. The Morgan fingerprint density at radius 2 is 1.83 bits per heavy atom. The maximum Gasteiger partial charge on any atom is 0.338 e. The van der Waals surface area contributed by atoms with Crippen molar-refractivity contribution in [3.05, 3.63) is 52.8 Å². The number of hydrogen-bond donors (Lipinski definition) is 0. The SMILES string of the molecule is CCN(c1cc(-c2ccc(CN3CCC(C)CC3)c(F)c2)cc(C(=O)OC)c1C)C1CCOCC1. The molecule has 6 heteroatoms. The molecule has 0 saturated carbocycles. The van der Waals surface area contributed by atoms with Crippen LogP contribution in [0, 0.1) is 18.7 Å². The highest BCUT2D eigenvalue weighted by molar-refractivity contribution is 5.95. The molecule has 0 bridgehead atoms. The lowest BCUT2D eigenvalue weighted by Gasteiger charge is -2.37. The van der Waals surface area contributed by atoms with E-state index in [9.17, 15) is 4.79 Å². The van der Waals surface area contributed by atoms with E-state index in [1.54, 1.807) is 6.07 Å². The average molecular weight is 483 g/mol. The Hall–Kier alpha value is -2.44. The van der Waals surface area contributed by atoms with E-state index >= 15 is 4.39 Å². The first-order valence-electron chi connectivity index (χ1n) is 13.0. The predicted molar refractivity (Wildman–Crippen MR) is 138 cm³/mol. The summed E-state index contributed by atoms with van der Waals surface area (Å²) in [6.07, 6.45) is 4.24. The lowest BCUT2D eigenvalue weighted by atomic mass is 9.94. The Kier molecular flexibility index (Phi) is 8.45. The van der Waals surface area contributed by atoms with Crippen LogP contribution in [0.4, 0.5) is 10.1 Å². The Labute approximate surface area is 209 Å². The standard InChI is InChI=1S/C29H39FN2O3/c1-5-32(25-10-14-35-15-11-25)28-18-24(16-26(21(28)3)29(33)34-4)22-6-7-23(27(30)17-22)19-31-12-8-20(2)9-13-31/h6-7,16-18,20,25H,5,8-15,19H2,1-4H3. The molecule has 0 radical (unpaired) electrons. The summed E-state index contributed by atoms with van der Waals surface area (Å²) >= 11 is 0. The Bertz CT molecular complexity index is 1030. The first-order chi connectivity index (χ1) is 16.9. The van der Waals surface area contributed by atoms with Crippen molar-refractivity contribution >= 4 is 11.7 Å². The molecule has 0 aromatic heterocycles. The van der Waals surface area contributed by atoms with Gasteiger partial charge in [-0.2, -0.15) is 0 Å². The number of nitrogens with zero attached hydrogens (tertiary/aromatic N) is 2. The first kappa shape index (κ1) is 25.6. The highest BCUT2D eigenvalue weighted by Gasteiger charge is 2.25. The average Bonchev–Trinajstić information content (AvgIpc) is 2.88. The number of carbonyl (C=O) groups excluding carboxylic acids is 1. The number of ether oxygens (including phenoxy) is 2. The zero-order valence-electron chi connectivity index (χ0n) is 21.6. The van der Waals surface area contributed by atoms with Gasteiger partial charge < -0.3 is 14.4 Å². The topological polar surface area (TPSA) is 42.0 Å². The normalized spacial score (nSPS) is 18.0. The van der Waals surface area contributed by atoms with Gasteiger partial charge in [-0.25, -0.2) is 9.18 Å². The van der Waals surface area contributed by atoms with Gasteiger partial charge in [-0.15, -0.1) is 0 Å². The van der Waals surface area contributed by atoms with Gasteiger partial charge in [0.05, 0.1) is 12.7 Å². The highest BCUT2D eigenvalue weighted by atomic mass is 19.1. The number of likely N-dealkylation sites (tertiary alicyclic amines) is 1. The quantitative estimate of drug-likeness (QED) is 0.465. The number of hydrogen-bond acceptors (Lipinski definition) is 5. The molecule has 35 heavy (non-hydrogen) atoms. The molecule has 2 aromatic carbocycles. The molecule has 0 unspecified atom stereocenters. The minimum Gasteiger partial charge on any atom is -0.465 e. The van der Waals surface area contributed by atoms with E-state index in [2.05, 4.69) is 29.7 Å². The molecule has 0 spiro atoms. The molecule has 2 aromatic rings. The van der Waals surface area contributed by atoms with E-state index in [-0.39, 0.29) is 11.8 Å². The highest BCUT2D eigenvalue weighted by Crippen LogP contribution is 2.35. The molecule has 0 amide bonds. The van der Waals surface area contributed by atoms with Gasteiger partial charge in [-0.05, 0) is 93.4 Å². The zero-order chi connectivity index (χ0) is 24.9. The minimum absolute atomic E-state index is 0.195. The van der Waals surface area contributed by atoms with E-state index in [0.29, 0.717) is 18.2 Å². The van der Waals surface area contributed by atoms with Crippen LogP contribution in [0.15, 0.2) is 30.3 Å². The van der Waals surface area contributed by atoms with Gasteiger partial charge in [-0.1, -0.05) is 19.1 Å². The number of methoxy groups -OCH3 is 1. The van der Waals surface area contributed by atoms with Gasteiger partial charge >= 0.3 is 5.97 Å². The van der Waals surface area contributed by atoms with Crippen LogP contribution in [0.1, 0.15) is 61.0 Å². The second kappa shape index (κ2) is 11.5. The second-order valence-electron chi connectivity index (χ2n) is 10.1. The third kappa shape index (κ3) is 5.87. The summed E-state index contributed by atoms with van der Waals surface area (Å²) in [4.78, 5) is 17.4. The van der Waals surface area contributed by atoms with Crippen molar-refractivity contribution in [2.45, 2.75) is 59.0 Å². The fourth-order valence-electron chi connectivity index (χ4n) is 5.42. The maximum atomic E-state index is 15.2. The Balaban J connectivity index is 1.67. The summed E-state index contributed by atoms with van der Waals surface area (Å²) in [7, 11) is 1.40. The zero-order valence-corrected chi connectivity index (χ0v) is 21.6. The van der Waals surface area contributed by atoms with Crippen molar-refractivity contribution in [3.8, 4) is 11.1 Å². The summed E-state index contributed by atoms with van der Waals surface area (Å²) in [5, 5.41) is 0. The number of halogens is 1. The number of carbonyl (C=O) groups is 1. The summed E-state index contributed by atoms with van der Waals surface area (Å²) in [5.74, 6) is 0.187. The van der Waals surface area contributed by atoms with Crippen LogP contribution < -0.4 is 4.90 Å². The lowest BCUT2D eigenvalue weighted by molar-refractivity contribution is 0.0599. The van der Waals surface area contributed by atoms with Crippen LogP contribution in [-0.2, 0) is 16.0 Å². The van der Waals surface area contributed by atoms with E-state index < -0.39 is 0 Å². The maximum absolute atomic E-state index is 15.2. The van der Waals surface area contributed by atoms with Crippen LogP contribution in [0.2, 0.25) is 0 Å². The summed E-state index contributed by atoms with van der Waals surface area (Å²) in [6, 6.07) is 9.77. The van der Waals surface area contributed by atoms with Crippen LogP contribution in [-0.4, -0.2) is 56.9 Å². The van der Waals surface area contributed by atoms with E-state index in [1.807, 2.05) is 25.1 Å². The largest absolute Gasteiger partial charge is 0.465 e. The molecule has 4 rings (SSSR count). The molecule has 0 atom stereocenters. The molecular weight excluding hydrogens is 443 g/mol. The Morgan fingerprint density at radius 1 is 1.11 bits per heavy atom. The van der Waals surface area contributed by atoms with Gasteiger partial charge in [0.15, 0.2) is 0 Å². The molecule has 190 valence electrons. The summed E-state index contributed by atoms with van der Waals surface area (Å²) < 4.78 is 25.9. The van der Waals surface area contributed by atoms with Gasteiger partial charge in [0, 0.05) is 43.6 Å². The van der Waals surface area contributed by atoms with E-state index in [1.165, 1.54) is 20.0 Å². The van der Waals surface area contributed by atoms with Crippen molar-refractivity contribution in [1.82, 2.24) is 4.90 Å². The van der Waals surface area contributed by atoms with Gasteiger partial charge in [0.1, 0.15) is 5.82 Å². The summed E-state index contributed by atoms with van der Waals surface area (Å²) in [6.45, 7) is 11.4. The van der Waals surface area contributed by atoms with Crippen molar-refractivity contribution in [2.24, 2.45) is 5.92 Å². The van der Waals surface area contributed by atoms with Crippen LogP contribution in [0.5, 0.6) is 0 Å². The number of piperidine rings is 1. The van der Waals surface area contributed by atoms with Crippen molar-refractivity contribution in [1.29, 1.82) is 0 Å². The Morgan fingerprint density at radius 3 is 2.46 bits per heavy atom. The van der Waals surface area contributed by atoms with E-state index in [4.69, 9.17) is 9.47 Å². The summed E-state index contributed by atoms with van der Waals surface area (Å²) in [5.41, 5.74) is 4.75. The van der Waals surface area contributed by atoms with Gasteiger partial charge in [0.2, 0.25) is 0 Å². The van der Waals surface area contributed by atoms with Crippen LogP contribution in [0.3, 0.4) is 0 Å². The lowest BCUT2D eigenvalue weighted by Crippen LogP contribution is -2.40. The number of benzene rings is 2. The first-order valence-corrected chi connectivity index (χ1v) is 13.0. The monoisotopic (exact) mass is 482 g/mol. The van der Waals surface area contributed by atoms with Gasteiger partial charge in [-0.3, -0.25) is 4.90 Å². The van der Waals surface area contributed by atoms with Crippen molar-refractivity contribution in [2.75, 3.05) is 44.9 Å². The molecule has 2 fully saturated rings. The molecule has 2 heterocycles. The van der Waals surface area contributed by atoms with Crippen molar-refractivity contribution < 1.29 is 18.7 Å². The van der Waals surface area contributed by atoms with Crippen LogP contribution >= 0.6 is 0 Å². The smallest absolute Gasteiger partial charge is 0.338 e. The number of rotatable bonds is 7. The van der Waals surface area contributed by atoms with Crippen LogP contribution in [0.25, 0.3) is 11.1 Å². The fraction of sp³-hybridized carbons (Fsp3) is 0.552. The molecule has 2 saturated heterocycles. The minimum atomic E-state index is -0.370. The molecule has 0 aliphatic carbocycles. The molecule has 0 N–H and O–H groups in total. The van der Waals surface area contributed by atoms with E-state index in [0.717, 1.165) is 79.5 Å². The third-order valence-electron chi connectivity index (χ3n) is 7.72. The third-order valence-corrected chi connectivity index (χ3v) is 7.72.